The van der Waals surface area contributed by atoms with Crippen molar-refractivity contribution in [2.45, 2.75) is 31.5 Å². The number of hydrogen-bond acceptors (Lipinski definition) is 8. The van der Waals surface area contributed by atoms with Gasteiger partial charge in [-0.1, -0.05) is 0 Å². The predicted molar refractivity (Wildman–Crippen MR) is 73.2 cm³/mol. The molecule has 0 saturated carbocycles. The Balaban J connectivity index is 1.98. The van der Waals surface area contributed by atoms with Gasteiger partial charge in [0, 0.05) is 6.54 Å². The Labute approximate surface area is 129 Å². The van der Waals surface area contributed by atoms with E-state index in [9.17, 15) is 20.2 Å². The summed E-state index contributed by atoms with van der Waals surface area (Å²) >= 11 is 0. The first kappa shape index (κ1) is 15.4. The molecule has 4 atom stereocenters. The van der Waals surface area contributed by atoms with Crippen LogP contribution in [0.4, 0.5) is 0 Å². The maximum Gasteiger partial charge on any atom is 0.252 e. The first-order chi connectivity index (χ1) is 11.0. The van der Waals surface area contributed by atoms with E-state index in [0.717, 1.165) is 6.33 Å². The van der Waals surface area contributed by atoms with Gasteiger partial charge in [0.05, 0.1) is 6.33 Å². The number of aromatic nitrogens is 4. The second kappa shape index (κ2) is 5.61. The first-order valence-electron chi connectivity index (χ1n) is 6.93. The molecule has 11 nitrogen and oxygen atoms in total. The Kier molecular flexibility index (Phi) is 3.75. The number of hydrogen-bond donors (Lipinski definition) is 5. The predicted octanol–water partition coefficient (Wildman–Crippen LogP) is -2.30. The van der Waals surface area contributed by atoms with Crippen LogP contribution in [0, 0.1) is 5.41 Å². The van der Waals surface area contributed by atoms with E-state index >= 15 is 0 Å². The van der Waals surface area contributed by atoms with E-state index < -0.39 is 30.4 Å². The van der Waals surface area contributed by atoms with Gasteiger partial charge in [0.25, 0.3) is 5.91 Å². The van der Waals surface area contributed by atoms with Crippen LogP contribution in [-0.4, -0.2) is 65.4 Å². The van der Waals surface area contributed by atoms with Gasteiger partial charge >= 0.3 is 0 Å². The molecule has 1 amide bonds. The average Bonchev–Trinajstić information content (AvgIpc) is 3.06. The maximum absolute atomic E-state index is 11.9. The topological polar surface area (TPSA) is 159 Å². The number of rotatable bonds is 3. The zero-order valence-corrected chi connectivity index (χ0v) is 12.1. The molecule has 1 saturated heterocycles. The highest BCUT2D eigenvalue weighted by atomic mass is 16.6. The molecule has 0 aromatic carbocycles. The van der Waals surface area contributed by atoms with Gasteiger partial charge in [-0.2, -0.15) is 4.73 Å². The maximum atomic E-state index is 11.9. The van der Waals surface area contributed by atoms with Gasteiger partial charge in [0.2, 0.25) is 0 Å². The molecule has 0 radical (unpaired) electrons. The minimum atomic E-state index is -1.41. The summed E-state index contributed by atoms with van der Waals surface area (Å²) < 4.78 is 7.27. The summed E-state index contributed by atoms with van der Waals surface area (Å²) in [6.07, 6.45) is -2.85. The van der Waals surface area contributed by atoms with E-state index in [1.165, 1.54) is 10.9 Å². The number of imidazole rings is 1. The molecule has 0 aliphatic carbocycles. The molecule has 1 aliphatic heterocycles. The lowest BCUT2D eigenvalue weighted by molar-refractivity contribution is -0.137. The third kappa shape index (κ3) is 2.34. The van der Waals surface area contributed by atoms with E-state index in [4.69, 9.17) is 10.1 Å². The molecule has 124 valence electrons. The number of carbonyl (C=O) groups excluding carboxylic acids is 1. The SMILES string of the molecule is CCNC(=O)[C@H]1OC(n2cnc3c(=N)n(O)cnc32)[C@H](O)[C@@H]1O. The smallest absolute Gasteiger partial charge is 0.252 e. The standard InChI is InChI=1S/C12H16N6O5/c1-2-14-11(21)8-6(19)7(20)12(23-8)17-3-15-5-9(13)18(22)4-16-10(5)17/h3-4,6-8,12-13,19-20,22H,2H2,1H3,(H,14,21)/t6-,7+,8-,12?/m0/s1. The molecule has 5 N–H and O–H groups in total. The molecule has 3 heterocycles. The van der Waals surface area contributed by atoms with Gasteiger partial charge in [-0.3, -0.25) is 14.8 Å². The van der Waals surface area contributed by atoms with Crippen LogP contribution in [0.3, 0.4) is 0 Å². The average molecular weight is 324 g/mol. The van der Waals surface area contributed by atoms with Crippen molar-refractivity contribution in [3.8, 4) is 0 Å². The van der Waals surface area contributed by atoms with Gasteiger partial charge in [-0.05, 0) is 6.92 Å². The summed E-state index contributed by atoms with van der Waals surface area (Å²) in [4.78, 5) is 19.7. The van der Waals surface area contributed by atoms with Crippen molar-refractivity contribution in [3.05, 3.63) is 18.1 Å². The van der Waals surface area contributed by atoms with Gasteiger partial charge < -0.3 is 25.5 Å². The minimum absolute atomic E-state index is 0.0850. The highest BCUT2D eigenvalue weighted by Gasteiger charge is 2.47. The van der Waals surface area contributed by atoms with Gasteiger partial charge in [-0.25, -0.2) is 9.97 Å². The van der Waals surface area contributed by atoms with E-state index in [0.29, 0.717) is 11.3 Å². The van der Waals surface area contributed by atoms with Crippen LogP contribution in [0.2, 0.25) is 0 Å². The van der Waals surface area contributed by atoms with Crippen molar-refractivity contribution in [1.82, 2.24) is 24.6 Å². The van der Waals surface area contributed by atoms with Crippen LogP contribution >= 0.6 is 0 Å². The molecular weight excluding hydrogens is 308 g/mol. The lowest BCUT2D eigenvalue weighted by Crippen LogP contribution is -2.42. The number of ether oxygens (including phenoxy) is 1. The minimum Gasteiger partial charge on any atom is -0.425 e. The molecule has 1 unspecified atom stereocenters. The number of nitrogens with zero attached hydrogens (tertiary/aromatic N) is 4. The highest BCUT2D eigenvalue weighted by Crippen LogP contribution is 2.31. The largest absolute Gasteiger partial charge is 0.425 e. The van der Waals surface area contributed by atoms with E-state index in [1.54, 1.807) is 6.92 Å². The monoisotopic (exact) mass is 324 g/mol. The molecule has 23 heavy (non-hydrogen) atoms. The van der Waals surface area contributed by atoms with Crippen LogP contribution < -0.4 is 10.8 Å². The van der Waals surface area contributed by atoms with Crippen molar-refractivity contribution in [3.63, 3.8) is 0 Å². The number of fused-ring (bicyclic) bond motifs is 1. The molecule has 2 aromatic heterocycles. The summed E-state index contributed by atoms with van der Waals surface area (Å²) in [5.74, 6) is -0.534. The summed E-state index contributed by atoms with van der Waals surface area (Å²) in [6, 6.07) is 0. The van der Waals surface area contributed by atoms with E-state index in [1.807, 2.05) is 0 Å². The van der Waals surface area contributed by atoms with Gasteiger partial charge in [-0.15, -0.1) is 0 Å². The van der Waals surface area contributed by atoms with Crippen LogP contribution in [0.15, 0.2) is 12.7 Å². The Morgan fingerprint density at radius 3 is 2.83 bits per heavy atom. The Bertz CT molecular complexity index is 801. The number of carbonyl (C=O) groups is 1. The van der Waals surface area contributed by atoms with Crippen LogP contribution in [0.5, 0.6) is 0 Å². The quantitative estimate of drug-likeness (QED) is 0.397. The molecule has 0 spiro atoms. The normalized spacial score (nSPS) is 27.4. The number of nitrogens with one attached hydrogen (secondary N) is 2. The van der Waals surface area contributed by atoms with Crippen molar-refractivity contribution in [1.29, 1.82) is 5.41 Å². The van der Waals surface area contributed by atoms with Crippen LogP contribution in [-0.2, 0) is 9.53 Å². The third-order valence-corrected chi connectivity index (χ3v) is 3.63. The van der Waals surface area contributed by atoms with Gasteiger partial charge in [0.1, 0.15) is 18.5 Å². The lowest BCUT2D eigenvalue weighted by Gasteiger charge is -2.16. The Morgan fingerprint density at radius 1 is 1.39 bits per heavy atom. The first-order valence-corrected chi connectivity index (χ1v) is 6.93. The molecule has 1 aliphatic rings. The molecule has 11 heteroatoms. The second-order valence-electron chi connectivity index (χ2n) is 5.08. The molecule has 0 bridgehead atoms. The zero-order chi connectivity index (χ0) is 16.7. The summed E-state index contributed by atoms with van der Waals surface area (Å²) in [5, 5.41) is 39.8. The number of amides is 1. The summed E-state index contributed by atoms with van der Waals surface area (Å²) in [5.41, 5.74) is -0.0306. The fraction of sp³-hybridized carbons (Fsp3) is 0.500. The van der Waals surface area contributed by atoms with Crippen molar-refractivity contribution in [2.24, 2.45) is 0 Å². The molecule has 1 fully saturated rings. The lowest BCUT2D eigenvalue weighted by atomic mass is 10.1. The van der Waals surface area contributed by atoms with Gasteiger partial charge in [0.15, 0.2) is 29.0 Å². The number of aliphatic hydroxyl groups is 2. The van der Waals surface area contributed by atoms with Crippen LogP contribution in [0.1, 0.15) is 13.2 Å². The number of aliphatic hydroxyl groups excluding tert-OH is 2. The summed E-state index contributed by atoms with van der Waals surface area (Å²) in [6.45, 7) is 2.08. The Morgan fingerprint density at radius 2 is 2.13 bits per heavy atom. The fourth-order valence-electron chi connectivity index (χ4n) is 2.49. The zero-order valence-electron chi connectivity index (χ0n) is 12.1. The Hall–Kier alpha value is -2.50. The molecular formula is C12H16N6O5. The van der Waals surface area contributed by atoms with E-state index in [-0.39, 0.29) is 16.7 Å². The molecule has 2 aromatic rings. The van der Waals surface area contributed by atoms with Crippen molar-refractivity contribution in [2.75, 3.05) is 6.54 Å². The fourth-order valence-corrected chi connectivity index (χ4v) is 2.49. The van der Waals surface area contributed by atoms with Crippen molar-refractivity contribution < 1.29 is 25.0 Å². The molecule has 3 rings (SSSR count). The van der Waals surface area contributed by atoms with E-state index in [2.05, 4.69) is 15.3 Å². The second-order valence-corrected chi connectivity index (χ2v) is 5.08. The highest BCUT2D eigenvalue weighted by molar-refractivity contribution is 5.81. The third-order valence-electron chi connectivity index (χ3n) is 3.63. The van der Waals surface area contributed by atoms with Crippen LogP contribution in [0.25, 0.3) is 11.2 Å². The van der Waals surface area contributed by atoms with Crippen molar-refractivity contribution >= 4 is 17.1 Å². The summed E-state index contributed by atoms with van der Waals surface area (Å²) in [7, 11) is 0. The number of likely N-dealkylation sites (N-methyl/N-ethyl adjacent to an activating group) is 1.